The topological polar surface area (TPSA) is 96.0 Å². The first kappa shape index (κ1) is 34.5. The van der Waals surface area contributed by atoms with E-state index in [0.29, 0.717) is 12.2 Å². The highest BCUT2D eigenvalue weighted by Gasteiger charge is 2.35. The van der Waals surface area contributed by atoms with E-state index >= 15 is 0 Å². The van der Waals surface area contributed by atoms with Crippen LogP contribution in [0, 0.1) is 6.92 Å². The maximum atomic E-state index is 14.6. The Morgan fingerprint density at radius 1 is 0.891 bits per heavy atom. The van der Waals surface area contributed by atoms with E-state index in [0.717, 1.165) is 21.0 Å². The van der Waals surface area contributed by atoms with Gasteiger partial charge in [-0.25, -0.2) is 8.42 Å². The fourth-order valence-electron chi connectivity index (χ4n) is 4.94. The van der Waals surface area contributed by atoms with Crippen LogP contribution in [0.15, 0.2) is 108 Å². The average Bonchev–Trinajstić information content (AvgIpc) is 3.06. The molecule has 1 N–H and O–H groups in total. The Hall–Kier alpha value is -4.34. The van der Waals surface area contributed by atoms with Gasteiger partial charge < -0.3 is 15.0 Å². The van der Waals surface area contributed by atoms with Crippen molar-refractivity contribution in [3.63, 3.8) is 0 Å². The highest BCUT2D eigenvalue weighted by Crippen LogP contribution is 2.32. The summed E-state index contributed by atoms with van der Waals surface area (Å²) in [4.78, 5) is 30.0. The predicted octanol–water partition coefficient (Wildman–Crippen LogP) is 6.41. The molecule has 4 aromatic rings. The number of ether oxygens (including phenoxy) is 1. The number of methoxy groups -OCH3 is 1. The van der Waals surface area contributed by atoms with Crippen molar-refractivity contribution >= 4 is 39.1 Å². The normalized spacial score (nSPS) is 12.5. The Balaban J connectivity index is 1.82. The van der Waals surface area contributed by atoms with Crippen LogP contribution in [0.4, 0.5) is 5.69 Å². The summed E-state index contributed by atoms with van der Waals surface area (Å²) in [6.45, 7) is 5.36. The number of rotatable bonds is 14. The van der Waals surface area contributed by atoms with Crippen LogP contribution in [0.2, 0.25) is 5.02 Å². The molecule has 10 heteroatoms. The number of halogens is 1. The van der Waals surface area contributed by atoms with E-state index < -0.39 is 28.5 Å². The summed E-state index contributed by atoms with van der Waals surface area (Å²) in [5.74, 6) is -0.504. The van der Waals surface area contributed by atoms with Crippen LogP contribution in [0.3, 0.4) is 0 Å². The molecule has 0 aliphatic heterocycles. The Kier molecular flexibility index (Phi) is 11.8. The minimum absolute atomic E-state index is 0.00942. The van der Waals surface area contributed by atoms with Gasteiger partial charge >= 0.3 is 0 Å². The molecule has 0 aliphatic rings. The van der Waals surface area contributed by atoms with Gasteiger partial charge in [0.2, 0.25) is 11.8 Å². The summed E-state index contributed by atoms with van der Waals surface area (Å²) in [5, 5.41) is 3.23. The van der Waals surface area contributed by atoms with Crippen LogP contribution in [0.5, 0.6) is 5.75 Å². The number of aryl methyl sites for hydroxylation is 1. The molecule has 4 rings (SSSR count). The van der Waals surface area contributed by atoms with E-state index in [-0.39, 0.29) is 40.5 Å². The second-order valence-electron chi connectivity index (χ2n) is 11.2. The van der Waals surface area contributed by atoms with Crippen molar-refractivity contribution in [2.45, 2.75) is 57.1 Å². The van der Waals surface area contributed by atoms with Crippen molar-refractivity contribution in [1.82, 2.24) is 10.2 Å². The van der Waals surface area contributed by atoms with Gasteiger partial charge in [0.15, 0.2) is 0 Å². The zero-order chi connectivity index (χ0) is 33.3. The van der Waals surface area contributed by atoms with Crippen LogP contribution in [0.1, 0.15) is 37.0 Å². The quantitative estimate of drug-likeness (QED) is 0.169. The third-order valence-electron chi connectivity index (χ3n) is 7.78. The number of sulfonamides is 1. The number of benzene rings is 4. The van der Waals surface area contributed by atoms with Crippen LogP contribution < -0.4 is 14.4 Å². The van der Waals surface area contributed by atoms with E-state index in [1.807, 2.05) is 75.4 Å². The molecule has 0 fully saturated rings. The number of hydrogen-bond donors (Lipinski definition) is 1. The first-order valence-corrected chi connectivity index (χ1v) is 17.0. The molecule has 0 bridgehead atoms. The molecule has 46 heavy (non-hydrogen) atoms. The molecule has 0 aromatic heterocycles. The number of amides is 2. The Morgan fingerprint density at radius 2 is 1.52 bits per heavy atom. The van der Waals surface area contributed by atoms with E-state index in [1.165, 1.54) is 30.2 Å². The summed E-state index contributed by atoms with van der Waals surface area (Å²) in [5.41, 5.74) is 2.90. The molecule has 0 aliphatic carbocycles. The monoisotopic (exact) mass is 661 g/mol. The molecular formula is C36H40ClN3O5S. The van der Waals surface area contributed by atoms with Crippen LogP contribution >= 0.6 is 11.6 Å². The Bertz CT molecular complexity index is 1720. The summed E-state index contributed by atoms with van der Waals surface area (Å²) in [6.07, 6.45) is 0.942. The van der Waals surface area contributed by atoms with Gasteiger partial charge in [0.05, 0.1) is 22.7 Å². The third kappa shape index (κ3) is 8.68. The maximum Gasteiger partial charge on any atom is 0.264 e. The fraction of sp³-hybridized carbons (Fsp3) is 0.278. The van der Waals surface area contributed by atoms with Gasteiger partial charge in [0.1, 0.15) is 18.3 Å². The summed E-state index contributed by atoms with van der Waals surface area (Å²) in [7, 11) is -2.78. The van der Waals surface area contributed by atoms with Gasteiger partial charge in [-0.2, -0.15) is 0 Å². The highest BCUT2D eigenvalue weighted by atomic mass is 35.5. The fourth-order valence-corrected chi connectivity index (χ4v) is 6.62. The lowest BCUT2D eigenvalue weighted by atomic mass is 10.0. The van der Waals surface area contributed by atoms with Gasteiger partial charge in [-0.15, -0.1) is 0 Å². The zero-order valence-electron chi connectivity index (χ0n) is 26.5. The minimum atomic E-state index is -4.24. The number of carbonyl (C=O) groups excluding carboxylic acids is 2. The lowest BCUT2D eigenvalue weighted by Gasteiger charge is -2.34. The molecule has 2 atom stereocenters. The van der Waals surface area contributed by atoms with Crippen molar-refractivity contribution in [1.29, 1.82) is 0 Å². The third-order valence-corrected chi connectivity index (χ3v) is 9.86. The van der Waals surface area contributed by atoms with Gasteiger partial charge in [0, 0.05) is 19.0 Å². The summed E-state index contributed by atoms with van der Waals surface area (Å²) in [6, 6.07) is 28.5. The Labute approximate surface area is 277 Å². The van der Waals surface area contributed by atoms with E-state index in [1.54, 1.807) is 30.3 Å². The molecule has 8 nitrogen and oxygen atoms in total. The van der Waals surface area contributed by atoms with E-state index in [2.05, 4.69) is 5.32 Å². The number of anilines is 1. The molecule has 4 aromatic carbocycles. The number of hydrogen-bond acceptors (Lipinski definition) is 5. The van der Waals surface area contributed by atoms with Crippen molar-refractivity contribution in [3.8, 4) is 5.75 Å². The van der Waals surface area contributed by atoms with Gasteiger partial charge in [-0.05, 0) is 61.7 Å². The van der Waals surface area contributed by atoms with E-state index in [4.69, 9.17) is 16.3 Å². The lowest BCUT2D eigenvalue weighted by Crippen LogP contribution is -2.54. The predicted molar refractivity (Wildman–Crippen MR) is 183 cm³/mol. The molecule has 0 saturated carbocycles. The average molecular weight is 662 g/mol. The minimum Gasteiger partial charge on any atom is -0.495 e. The highest BCUT2D eigenvalue weighted by molar-refractivity contribution is 7.92. The molecule has 0 radical (unpaired) electrons. The number of nitrogens with zero attached hydrogens (tertiary/aromatic N) is 2. The van der Waals surface area contributed by atoms with Crippen LogP contribution in [0.25, 0.3) is 0 Å². The molecule has 0 unspecified atom stereocenters. The Morgan fingerprint density at radius 3 is 2.11 bits per heavy atom. The second-order valence-corrected chi connectivity index (χ2v) is 13.4. The van der Waals surface area contributed by atoms with E-state index in [9.17, 15) is 18.0 Å². The SMILES string of the molecule is CC[C@H](C)NC(=O)[C@H](Cc1ccccc1)N(Cc1ccc(C)cc1)C(=O)CN(c1ccc(OC)c(Cl)c1)S(=O)(=O)c1ccccc1. The first-order valence-electron chi connectivity index (χ1n) is 15.1. The van der Waals surface area contributed by atoms with Gasteiger partial charge in [-0.3, -0.25) is 13.9 Å². The number of carbonyl (C=O) groups is 2. The summed E-state index contributed by atoms with van der Waals surface area (Å²) >= 11 is 6.44. The molecule has 0 saturated heterocycles. The van der Waals surface area contributed by atoms with Gasteiger partial charge in [-0.1, -0.05) is 96.9 Å². The van der Waals surface area contributed by atoms with Crippen molar-refractivity contribution < 1.29 is 22.7 Å². The van der Waals surface area contributed by atoms with Crippen molar-refractivity contribution in [3.05, 3.63) is 125 Å². The largest absolute Gasteiger partial charge is 0.495 e. The van der Waals surface area contributed by atoms with Gasteiger partial charge in [0.25, 0.3) is 10.0 Å². The number of nitrogens with one attached hydrogen (secondary N) is 1. The van der Waals surface area contributed by atoms with Crippen LogP contribution in [-0.2, 0) is 32.6 Å². The molecule has 0 spiro atoms. The first-order chi connectivity index (χ1) is 22.0. The smallest absolute Gasteiger partial charge is 0.264 e. The van der Waals surface area contributed by atoms with Crippen LogP contribution in [-0.4, -0.2) is 50.9 Å². The standard InChI is InChI=1S/C36H40ClN3O5S/c1-5-27(3)38-36(42)33(22-28-12-8-6-9-13-28)39(24-29-18-16-26(2)17-19-29)35(41)25-40(30-20-21-34(45-4)32(37)23-30)46(43,44)31-14-10-7-11-15-31/h6-21,23,27,33H,5,22,24-25H2,1-4H3,(H,38,42)/t27-,33-/m0/s1. The van der Waals surface area contributed by atoms with Crippen molar-refractivity contribution in [2.24, 2.45) is 0 Å². The van der Waals surface area contributed by atoms with Crippen molar-refractivity contribution in [2.75, 3.05) is 18.0 Å². The second kappa shape index (κ2) is 15.8. The summed E-state index contributed by atoms with van der Waals surface area (Å²) < 4.78 is 34.6. The molecular weight excluding hydrogens is 622 g/mol. The molecule has 2 amide bonds. The zero-order valence-corrected chi connectivity index (χ0v) is 28.1. The lowest BCUT2D eigenvalue weighted by molar-refractivity contribution is -0.140. The molecule has 242 valence electrons. The maximum absolute atomic E-state index is 14.6. The molecule has 0 heterocycles.